The number of nitrogens with two attached hydrogens (primary N) is 1. The molecular weight excluding hydrogens is 238 g/mol. The third-order valence-corrected chi connectivity index (χ3v) is 6.03. The molecule has 6 heteroatoms. The van der Waals surface area contributed by atoms with Crippen molar-refractivity contribution in [2.45, 2.75) is 37.8 Å². The van der Waals surface area contributed by atoms with Gasteiger partial charge in [0.2, 0.25) is 10.0 Å². The van der Waals surface area contributed by atoms with Crippen LogP contribution in [0.4, 0.5) is 0 Å². The summed E-state index contributed by atoms with van der Waals surface area (Å²) in [6.45, 7) is 1.79. The topological polar surface area (TPSA) is 66.6 Å². The maximum Gasteiger partial charge on any atom is 0.214 e. The lowest BCUT2D eigenvalue weighted by molar-refractivity contribution is 0.246. The molecule has 2 aliphatic heterocycles. The van der Waals surface area contributed by atoms with E-state index in [1.54, 1.807) is 4.31 Å². The van der Waals surface area contributed by atoms with E-state index in [9.17, 15) is 8.42 Å². The largest absolute Gasteiger partial charge is 0.330 e. The maximum absolute atomic E-state index is 12.1. The number of hydrogen-bond donors (Lipinski definition) is 1. The van der Waals surface area contributed by atoms with E-state index in [4.69, 9.17) is 5.73 Å². The predicted molar refractivity (Wildman–Crippen MR) is 68.2 cm³/mol. The molecule has 0 aromatic carbocycles. The number of sulfonamides is 1. The van der Waals surface area contributed by atoms with Crippen LogP contribution in [-0.2, 0) is 10.0 Å². The first kappa shape index (κ1) is 13.3. The highest BCUT2D eigenvalue weighted by Gasteiger charge is 2.37. The van der Waals surface area contributed by atoms with Gasteiger partial charge in [0.25, 0.3) is 0 Å². The molecule has 2 heterocycles. The van der Waals surface area contributed by atoms with Gasteiger partial charge in [0, 0.05) is 25.2 Å². The van der Waals surface area contributed by atoms with Gasteiger partial charge in [0.05, 0.1) is 5.75 Å². The minimum absolute atomic E-state index is 0.199. The average molecular weight is 261 g/mol. The summed E-state index contributed by atoms with van der Waals surface area (Å²) in [6.07, 6.45) is 3.87. The normalized spacial score (nSPS) is 31.6. The number of nitrogens with zero attached hydrogens (tertiary/aromatic N) is 2. The lowest BCUT2D eigenvalue weighted by Crippen LogP contribution is -2.40. The van der Waals surface area contributed by atoms with Crippen molar-refractivity contribution >= 4 is 10.0 Å². The fourth-order valence-electron chi connectivity index (χ4n) is 2.93. The minimum atomic E-state index is -3.09. The second kappa shape index (κ2) is 5.22. The van der Waals surface area contributed by atoms with Gasteiger partial charge < -0.3 is 5.73 Å². The van der Waals surface area contributed by atoms with Crippen molar-refractivity contribution in [3.05, 3.63) is 0 Å². The van der Waals surface area contributed by atoms with Crippen LogP contribution in [0.25, 0.3) is 0 Å². The molecule has 0 aliphatic carbocycles. The first-order valence-corrected chi connectivity index (χ1v) is 8.05. The molecule has 0 aromatic rings. The van der Waals surface area contributed by atoms with Gasteiger partial charge in [0.1, 0.15) is 0 Å². The molecule has 100 valence electrons. The van der Waals surface area contributed by atoms with E-state index >= 15 is 0 Å². The molecule has 2 aliphatic rings. The van der Waals surface area contributed by atoms with Gasteiger partial charge in [-0.2, -0.15) is 0 Å². The Morgan fingerprint density at radius 2 is 1.94 bits per heavy atom. The minimum Gasteiger partial charge on any atom is -0.330 e. The Morgan fingerprint density at radius 1 is 1.24 bits per heavy atom. The van der Waals surface area contributed by atoms with Crippen LogP contribution in [0.1, 0.15) is 25.7 Å². The van der Waals surface area contributed by atoms with E-state index in [2.05, 4.69) is 11.9 Å². The van der Waals surface area contributed by atoms with Gasteiger partial charge in [-0.15, -0.1) is 0 Å². The summed E-state index contributed by atoms with van der Waals surface area (Å²) in [7, 11) is -0.965. The van der Waals surface area contributed by atoms with E-state index < -0.39 is 10.0 Å². The summed E-state index contributed by atoms with van der Waals surface area (Å²) in [6, 6.07) is 0.991. The lowest BCUT2D eigenvalue weighted by atomic mass is 10.1. The number of hydrogen-bond acceptors (Lipinski definition) is 4. The van der Waals surface area contributed by atoms with E-state index in [-0.39, 0.29) is 5.75 Å². The Bertz CT molecular complexity index is 358. The quantitative estimate of drug-likeness (QED) is 0.763. The van der Waals surface area contributed by atoms with Crippen LogP contribution >= 0.6 is 0 Å². The molecule has 0 radical (unpaired) electrons. The van der Waals surface area contributed by atoms with E-state index in [0.717, 1.165) is 12.8 Å². The van der Waals surface area contributed by atoms with Crippen molar-refractivity contribution in [2.24, 2.45) is 5.73 Å². The van der Waals surface area contributed by atoms with E-state index in [0.29, 0.717) is 38.1 Å². The molecule has 0 saturated carbocycles. The summed E-state index contributed by atoms with van der Waals surface area (Å²) >= 11 is 0. The molecule has 2 unspecified atom stereocenters. The molecule has 0 aromatic heterocycles. The lowest BCUT2D eigenvalue weighted by Gasteiger charge is -2.25. The van der Waals surface area contributed by atoms with Gasteiger partial charge >= 0.3 is 0 Å². The average Bonchev–Trinajstić information content (AvgIpc) is 2.49. The van der Waals surface area contributed by atoms with Crippen molar-refractivity contribution in [3.63, 3.8) is 0 Å². The van der Waals surface area contributed by atoms with Gasteiger partial charge in [-0.05, 0) is 39.3 Å². The molecule has 2 atom stereocenters. The molecule has 2 N–H and O–H groups in total. The standard InChI is InChI=1S/C11H23N3O2S/c1-13-10-3-4-11(13)9-14(7-5-10)17(15,16)8-2-6-12/h10-11H,2-9,12H2,1H3. The Morgan fingerprint density at radius 3 is 2.65 bits per heavy atom. The summed E-state index contributed by atoms with van der Waals surface area (Å²) in [4.78, 5) is 2.36. The SMILES string of the molecule is CN1C2CCC1CN(S(=O)(=O)CCCN)CC2. The Kier molecular flexibility index (Phi) is 4.07. The van der Waals surface area contributed by atoms with Gasteiger partial charge in [-0.3, -0.25) is 4.90 Å². The number of rotatable bonds is 4. The Labute approximate surface area is 104 Å². The highest BCUT2D eigenvalue weighted by Crippen LogP contribution is 2.29. The van der Waals surface area contributed by atoms with Crippen molar-refractivity contribution in [1.29, 1.82) is 0 Å². The van der Waals surface area contributed by atoms with Gasteiger partial charge in [0.15, 0.2) is 0 Å². The molecule has 2 fully saturated rings. The zero-order valence-corrected chi connectivity index (χ0v) is 11.3. The zero-order valence-electron chi connectivity index (χ0n) is 10.5. The van der Waals surface area contributed by atoms with Gasteiger partial charge in [-0.1, -0.05) is 0 Å². The van der Waals surface area contributed by atoms with Crippen LogP contribution in [-0.4, -0.2) is 62.1 Å². The smallest absolute Gasteiger partial charge is 0.214 e. The molecule has 2 saturated heterocycles. The molecule has 0 spiro atoms. The fraction of sp³-hybridized carbons (Fsp3) is 1.00. The summed E-state index contributed by atoms with van der Waals surface area (Å²) in [5, 5.41) is 0. The second-order valence-corrected chi connectivity index (χ2v) is 7.24. The zero-order chi connectivity index (χ0) is 12.5. The van der Waals surface area contributed by atoms with Crippen molar-refractivity contribution in [2.75, 3.05) is 32.4 Å². The first-order chi connectivity index (χ1) is 8.04. The third-order valence-electron chi connectivity index (χ3n) is 4.11. The van der Waals surface area contributed by atoms with Crippen LogP contribution in [0, 0.1) is 0 Å². The monoisotopic (exact) mass is 261 g/mol. The summed E-state index contributed by atoms with van der Waals surface area (Å²) in [5.41, 5.74) is 5.39. The van der Waals surface area contributed by atoms with Gasteiger partial charge in [-0.25, -0.2) is 12.7 Å². The Balaban J connectivity index is 2.03. The molecule has 0 amide bonds. The van der Waals surface area contributed by atoms with Crippen LogP contribution in [0.15, 0.2) is 0 Å². The fourth-order valence-corrected chi connectivity index (χ4v) is 4.50. The van der Waals surface area contributed by atoms with E-state index in [1.807, 2.05) is 0 Å². The van der Waals surface area contributed by atoms with E-state index in [1.165, 1.54) is 6.42 Å². The van der Waals surface area contributed by atoms with Crippen LogP contribution in [0.2, 0.25) is 0 Å². The highest BCUT2D eigenvalue weighted by molar-refractivity contribution is 7.89. The third kappa shape index (κ3) is 2.81. The van der Waals surface area contributed by atoms with Crippen molar-refractivity contribution in [3.8, 4) is 0 Å². The summed E-state index contributed by atoms with van der Waals surface area (Å²) < 4.78 is 25.9. The predicted octanol–water partition coefficient (Wildman–Crippen LogP) is -0.166. The first-order valence-electron chi connectivity index (χ1n) is 6.44. The number of fused-ring (bicyclic) bond motifs is 2. The Hall–Kier alpha value is -0.170. The van der Waals surface area contributed by atoms with Crippen molar-refractivity contribution < 1.29 is 8.42 Å². The molecular formula is C11H23N3O2S. The summed E-state index contributed by atoms with van der Waals surface area (Å²) in [5.74, 6) is 0.199. The maximum atomic E-state index is 12.1. The van der Waals surface area contributed by atoms with Crippen LogP contribution in [0.5, 0.6) is 0 Å². The van der Waals surface area contributed by atoms with Crippen LogP contribution in [0.3, 0.4) is 0 Å². The molecule has 2 bridgehead atoms. The molecule has 2 rings (SSSR count). The highest BCUT2D eigenvalue weighted by atomic mass is 32.2. The second-order valence-electron chi connectivity index (χ2n) is 5.16. The molecule has 17 heavy (non-hydrogen) atoms. The van der Waals surface area contributed by atoms with Crippen LogP contribution < -0.4 is 5.73 Å². The van der Waals surface area contributed by atoms with Crippen molar-refractivity contribution in [1.82, 2.24) is 9.21 Å². The number of likely N-dealkylation sites (N-methyl/N-ethyl adjacent to an activating group) is 1. The molecule has 5 nitrogen and oxygen atoms in total.